The van der Waals surface area contributed by atoms with Crippen LogP contribution in [0.1, 0.15) is 5.56 Å². The number of anilines is 2. The second kappa shape index (κ2) is 8.47. The van der Waals surface area contributed by atoms with Gasteiger partial charge in [0, 0.05) is 18.1 Å². The molecule has 1 amide bonds. The summed E-state index contributed by atoms with van der Waals surface area (Å²) in [6.07, 6.45) is 0.158. The van der Waals surface area contributed by atoms with E-state index in [1.807, 2.05) is 12.1 Å². The summed E-state index contributed by atoms with van der Waals surface area (Å²) < 4.78 is 16.5. The number of amides is 1. The van der Waals surface area contributed by atoms with Crippen molar-refractivity contribution in [3.63, 3.8) is 0 Å². The van der Waals surface area contributed by atoms with E-state index in [2.05, 4.69) is 10.2 Å². The van der Waals surface area contributed by atoms with Gasteiger partial charge in [0.15, 0.2) is 11.5 Å². The zero-order chi connectivity index (χ0) is 19.5. The average Bonchev–Trinajstić information content (AvgIpc) is 2.69. The van der Waals surface area contributed by atoms with Gasteiger partial charge >= 0.3 is 0 Å². The highest BCUT2D eigenvalue weighted by atomic mass is 35.5. The molecule has 0 aromatic heterocycles. The molecule has 148 valence electrons. The number of nitrogens with zero attached hydrogens (tertiary/aromatic N) is 1. The first-order chi connectivity index (χ1) is 13.6. The Labute approximate surface area is 173 Å². The highest BCUT2D eigenvalue weighted by Gasteiger charge is 2.19. The molecule has 2 aromatic rings. The molecule has 0 atom stereocenters. The second-order valence-electron chi connectivity index (χ2n) is 6.59. The summed E-state index contributed by atoms with van der Waals surface area (Å²) in [7, 11) is 0. The van der Waals surface area contributed by atoms with Crippen LogP contribution in [0.2, 0.25) is 10.0 Å². The van der Waals surface area contributed by atoms with Crippen molar-refractivity contribution < 1.29 is 19.0 Å². The van der Waals surface area contributed by atoms with Gasteiger partial charge in [-0.3, -0.25) is 4.79 Å². The van der Waals surface area contributed by atoms with Crippen LogP contribution >= 0.6 is 23.2 Å². The fourth-order valence-electron chi connectivity index (χ4n) is 3.33. The number of morpholine rings is 1. The van der Waals surface area contributed by atoms with Crippen molar-refractivity contribution in [3.05, 3.63) is 45.9 Å². The number of rotatable bonds is 4. The number of halogens is 2. The van der Waals surface area contributed by atoms with Crippen LogP contribution in [0.3, 0.4) is 0 Å². The van der Waals surface area contributed by atoms with E-state index >= 15 is 0 Å². The molecule has 0 unspecified atom stereocenters. The van der Waals surface area contributed by atoms with Crippen molar-refractivity contribution in [3.8, 4) is 11.5 Å². The maximum absolute atomic E-state index is 12.7. The van der Waals surface area contributed by atoms with Crippen LogP contribution in [0.4, 0.5) is 11.4 Å². The molecule has 0 saturated carbocycles. The SMILES string of the molecule is O=C(Cc1cc(Cl)c2c(c1)OCCO2)Nc1cc(Cl)ccc1N1CCOCC1. The Balaban J connectivity index is 1.51. The van der Waals surface area contributed by atoms with Gasteiger partial charge in [0.25, 0.3) is 0 Å². The lowest BCUT2D eigenvalue weighted by atomic mass is 10.1. The first-order valence-electron chi connectivity index (χ1n) is 9.10. The molecular weight excluding hydrogens is 403 g/mol. The Bertz CT molecular complexity index is 885. The highest BCUT2D eigenvalue weighted by Crippen LogP contribution is 2.38. The van der Waals surface area contributed by atoms with Crippen molar-refractivity contribution in [2.75, 3.05) is 49.7 Å². The minimum Gasteiger partial charge on any atom is -0.486 e. The van der Waals surface area contributed by atoms with Crippen molar-refractivity contribution in [1.82, 2.24) is 0 Å². The maximum atomic E-state index is 12.7. The molecule has 0 radical (unpaired) electrons. The fourth-order valence-corrected chi connectivity index (χ4v) is 3.79. The molecule has 8 heteroatoms. The van der Waals surface area contributed by atoms with Crippen LogP contribution < -0.4 is 19.7 Å². The average molecular weight is 423 g/mol. The largest absolute Gasteiger partial charge is 0.486 e. The normalized spacial score (nSPS) is 16.0. The Morgan fingerprint density at radius 1 is 1.04 bits per heavy atom. The summed E-state index contributed by atoms with van der Waals surface area (Å²) in [6.45, 7) is 3.78. The number of nitrogens with one attached hydrogen (secondary N) is 1. The molecule has 6 nitrogen and oxygen atoms in total. The van der Waals surface area contributed by atoms with E-state index < -0.39 is 0 Å². The lowest BCUT2D eigenvalue weighted by Gasteiger charge is -2.30. The number of ether oxygens (including phenoxy) is 3. The summed E-state index contributed by atoms with van der Waals surface area (Å²) >= 11 is 12.4. The summed E-state index contributed by atoms with van der Waals surface area (Å²) in [4.78, 5) is 14.9. The summed E-state index contributed by atoms with van der Waals surface area (Å²) in [5.41, 5.74) is 2.37. The van der Waals surface area contributed by atoms with Gasteiger partial charge in [0.1, 0.15) is 13.2 Å². The smallest absolute Gasteiger partial charge is 0.228 e. The lowest BCUT2D eigenvalue weighted by molar-refractivity contribution is -0.115. The molecule has 1 saturated heterocycles. The van der Waals surface area contributed by atoms with Crippen molar-refractivity contribution in [2.45, 2.75) is 6.42 Å². The number of carbonyl (C=O) groups excluding carboxylic acids is 1. The van der Waals surface area contributed by atoms with Crippen LogP contribution in [0, 0.1) is 0 Å². The van der Waals surface area contributed by atoms with Crippen LogP contribution in [0.15, 0.2) is 30.3 Å². The number of hydrogen-bond donors (Lipinski definition) is 1. The van der Waals surface area contributed by atoms with Crippen molar-refractivity contribution >= 4 is 40.5 Å². The molecule has 1 fully saturated rings. The molecule has 2 aliphatic heterocycles. The number of hydrogen-bond acceptors (Lipinski definition) is 5. The molecule has 4 rings (SSSR count). The van der Waals surface area contributed by atoms with Gasteiger partial charge in [-0.1, -0.05) is 23.2 Å². The minimum atomic E-state index is -0.162. The monoisotopic (exact) mass is 422 g/mol. The van der Waals surface area contributed by atoms with Gasteiger partial charge < -0.3 is 24.4 Å². The molecule has 0 spiro atoms. The topological polar surface area (TPSA) is 60.0 Å². The van der Waals surface area contributed by atoms with Gasteiger partial charge in [-0.15, -0.1) is 0 Å². The third-order valence-corrected chi connectivity index (χ3v) is 5.12. The van der Waals surface area contributed by atoms with Gasteiger partial charge in [-0.2, -0.15) is 0 Å². The van der Waals surface area contributed by atoms with Gasteiger partial charge in [0.05, 0.1) is 36.0 Å². The first-order valence-corrected chi connectivity index (χ1v) is 9.86. The standard InChI is InChI=1S/C20H20Cl2N2O4/c21-14-1-2-17(24-3-5-26-6-4-24)16(12-14)23-19(25)11-13-9-15(22)20-18(10-13)27-7-8-28-20/h1-2,9-10,12H,3-8,11H2,(H,23,25). The van der Waals surface area contributed by atoms with Gasteiger partial charge in [-0.05, 0) is 35.9 Å². The summed E-state index contributed by atoms with van der Waals surface area (Å²) in [5, 5.41) is 3.98. The van der Waals surface area contributed by atoms with E-state index in [1.54, 1.807) is 18.2 Å². The third-order valence-electron chi connectivity index (χ3n) is 4.61. The molecule has 2 aromatic carbocycles. The molecule has 28 heavy (non-hydrogen) atoms. The number of carbonyl (C=O) groups is 1. The lowest BCUT2D eigenvalue weighted by Crippen LogP contribution is -2.36. The third kappa shape index (κ3) is 4.29. The second-order valence-corrected chi connectivity index (χ2v) is 7.43. The zero-order valence-corrected chi connectivity index (χ0v) is 16.7. The van der Waals surface area contributed by atoms with Gasteiger partial charge in [0.2, 0.25) is 5.91 Å². The Morgan fingerprint density at radius 3 is 2.64 bits per heavy atom. The Morgan fingerprint density at radius 2 is 1.82 bits per heavy atom. The zero-order valence-electron chi connectivity index (χ0n) is 15.2. The predicted molar refractivity (Wildman–Crippen MR) is 109 cm³/mol. The quantitative estimate of drug-likeness (QED) is 0.811. The summed E-state index contributed by atoms with van der Waals surface area (Å²) in [5.74, 6) is 0.935. The van der Waals surface area contributed by atoms with Crippen molar-refractivity contribution in [2.24, 2.45) is 0 Å². The number of fused-ring (bicyclic) bond motifs is 1. The Hall–Kier alpha value is -2.15. The first kappa shape index (κ1) is 19.2. The van der Waals surface area contributed by atoms with Gasteiger partial charge in [-0.25, -0.2) is 0 Å². The van der Waals surface area contributed by atoms with E-state index in [-0.39, 0.29) is 12.3 Å². The van der Waals surface area contributed by atoms with Crippen LogP contribution in [0.25, 0.3) is 0 Å². The molecule has 0 aliphatic carbocycles. The highest BCUT2D eigenvalue weighted by molar-refractivity contribution is 6.32. The molecule has 1 N–H and O–H groups in total. The number of benzene rings is 2. The van der Waals surface area contributed by atoms with Crippen LogP contribution in [0.5, 0.6) is 11.5 Å². The van der Waals surface area contributed by atoms with E-state index in [4.69, 9.17) is 37.4 Å². The molecule has 2 heterocycles. The van der Waals surface area contributed by atoms with Crippen LogP contribution in [-0.4, -0.2) is 45.4 Å². The molecule has 0 bridgehead atoms. The molecular formula is C20H20Cl2N2O4. The van der Waals surface area contributed by atoms with E-state index in [1.165, 1.54) is 0 Å². The summed E-state index contributed by atoms with van der Waals surface area (Å²) in [6, 6.07) is 9.03. The molecule has 2 aliphatic rings. The minimum absolute atomic E-state index is 0.158. The van der Waals surface area contributed by atoms with E-state index in [0.717, 1.165) is 24.3 Å². The van der Waals surface area contributed by atoms with E-state index in [9.17, 15) is 4.79 Å². The maximum Gasteiger partial charge on any atom is 0.228 e. The fraction of sp³-hybridized carbons (Fsp3) is 0.350. The Kier molecular flexibility index (Phi) is 5.80. The van der Waals surface area contributed by atoms with E-state index in [0.29, 0.717) is 53.7 Å². The van der Waals surface area contributed by atoms with Crippen molar-refractivity contribution in [1.29, 1.82) is 0 Å². The predicted octanol–water partition coefficient (Wildman–Crippen LogP) is 3.78. The van der Waals surface area contributed by atoms with Crippen LogP contribution in [-0.2, 0) is 16.0 Å².